The Morgan fingerprint density at radius 1 is 1.55 bits per heavy atom. The molecule has 1 fully saturated rings. The van der Waals surface area contributed by atoms with E-state index in [1.54, 1.807) is 4.68 Å². The van der Waals surface area contributed by atoms with Crippen molar-refractivity contribution in [1.29, 1.82) is 0 Å². The largest absolute Gasteiger partial charge is 0.341 e. The molecule has 6 nitrogen and oxygen atoms in total. The minimum Gasteiger partial charge on any atom is -0.341 e. The Balaban J connectivity index is 1.84. The van der Waals surface area contributed by atoms with E-state index in [1.165, 1.54) is 6.42 Å². The fourth-order valence-corrected chi connectivity index (χ4v) is 2.46. The monoisotopic (exact) mass is 279 g/mol. The molecule has 112 valence electrons. The molecule has 0 aromatic carbocycles. The number of likely N-dealkylation sites (tertiary alicyclic amines) is 1. The van der Waals surface area contributed by atoms with Crippen LogP contribution in [0.25, 0.3) is 0 Å². The second-order valence-corrected chi connectivity index (χ2v) is 6.03. The van der Waals surface area contributed by atoms with E-state index >= 15 is 0 Å². The Kier molecular flexibility index (Phi) is 5.11. The molecule has 2 heterocycles. The van der Waals surface area contributed by atoms with E-state index in [4.69, 9.17) is 0 Å². The van der Waals surface area contributed by atoms with Crippen LogP contribution in [-0.4, -0.2) is 44.9 Å². The highest BCUT2D eigenvalue weighted by Gasteiger charge is 2.21. The number of nitrogens with one attached hydrogen (secondary N) is 1. The maximum atomic E-state index is 12.2. The summed E-state index contributed by atoms with van der Waals surface area (Å²) in [7, 11) is 0. The fourth-order valence-electron chi connectivity index (χ4n) is 2.46. The van der Waals surface area contributed by atoms with E-state index < -0.39 is 0 Å². The molecular weight excluding hydrogens is 254 g/mol. The van der Waals surface area contributed by atoms with Crippen LogP contribution < -0.4 is 5.32 Å². The third-order valence-electron chi connectivity index (χ3n) is 3.58. The second-order valence-electron chi connectivity index (χ2n) is 6.03. The molecule has 1 aliphatic heterocycles. The molecule has 1 N–H and O–H groups in total. The lowest BCUT2D eigenvalue weighted by molar-refractivity contribution is -0.133. The minimum atomic E-state index is 0.143. The van der Waals surface area contributed by atoms with Crippen LogP contribution in [0.1, 0.15) is 39.3 Å². The standard InChI is InChI=1S/C14H25N5O/c1-11(2)15-7-13-9-19(17-16-13)10-14(20)18-6-4-5-12(3)8-18/h9,11-12,15H,4-8,10H2,1-3H3. The van der Waals surface area contributed by atoms with Gasteiger partial charge in [-0.3, -0.25) is 4.79 Å². The Morgan fingerprint density at radius 2 is 2.35 bits per heavy atom. The van der Waals surface area contributed by atoms with Gasteiger partial charge in [0.15, 0.2) is 0 Å². The average molecular weight is 279 g/mol. The summed E-state index contributed by atoms with van der Waals surface area (Å²) in [5, 5.41) is 11.4. The van der Waals surface area contributed by atoms with Crippen molar-refractivity contribution in [3.63, 3.8) is 0 Å². The molecule has 1 saturated heterocycles. The normalized spacial score (nSPS) is 19.6. The van der Waals surface area contributed by atoms with Gasteiger partial charge >= 0.3 is 0 Å². The predicted molar refractivity (Wildman–Crippen MR) is 77.0 cm³/mol. The molecule has 0 spiro atoms. The van der Waals surface area contributed by atoms with Crippen LogP contribution in [0.5, 0.6) is 0 Å². The van der Waals surface area contributed by atoms with Gasteiger partial charge in [0.1, 0.15) is 6.54 Å². The lowest BCUT2D eigenvalue weighted by Crippen LogP contribution is -2.40. The molecule has 1 aromatic rings. The second kappa shape index (κ2) is 6.83. The number of hydrogen-bond donors (Lipinski definition) is 1. The van der Waals surface area contributed by atoms with E-state index in [0.29, 0.717) is 25.0 Å². The molecule has 1 aromatic heterocycles. The summed E-state index contributed by atoms with van der Waals surface area (Å²) in [6, 6.07) is 0.414. The van der Waals surface area contributed by atoms with Gasteiger partial charge in [-0.1, -0.05) is 26.0 Å². The SMILES string of the molecule is CC1CCCN(C(=O)Cn2cc(CNC(C)C)nn2)C1. The smallest absolute Gasteiger partial charge is 0.244 e. The third-order valence-corrected chi connectivity index (χ3v) is 3.58. The highest BCUT2D eigenvalue weighted by atomic mass is 16.2. The van der Waals surface area contributed by atoms with Crippen molar-refractivity contribution in [2.75, 3.05) is 13.1 Å². The van der Waals surface area contributed by atoms with Crippen LogP contribution in [0.3, 0.4) is 0 Å². The first-order valence-electron chi connectivity index (χ1n) is 7.44. The van der Waals surface area contributed by atoms with Crippen molar-refractivity contribution in [1.82, 2.24) is 25.2 Å². The number of piperidine rings is 1. The summed E-state index contributed by atoms with van der Waals surface area (Å²) >= 11 is 0. The number of hydrogen-bond acceptors (Lipinski definition) is 4. The molecule has 0 aliphatic carbocycles. The van der Waals surface area contributed by atoms with E-state index in [-0.39, 0.29) is 5.91 Å². The van der Waals surface area contributed by atoms with Crippen LogP contribution in [0.4, 0.5) is 0 Å². The quantitative estimate of drug-likeness (QED) is 0.874. The zero-order chi connectivity index (χ0) is 14.5. The maximum Gasteiger partial charge on any atom is 0.244 e. The third kappa shape index (κ3) is 4.30. The Morgan fingerprint density at radius 3 is 3.05 bits per heavy atom. The summed E-state index contributed by atoms with van der Waals surface area (Å²) in [6.45, 7) is 9.10. The summed E-state index contributed by atoms with van der Waals surface area (Å²) in [6.07, 6.45) is 4.17. The van der Waals surface area contributed by atoms with Crippen molar-refractivity contribution >= 4 is 5.91 Å². The lowest BCUT2D eigenvalue weighted by Gasteiger charge is -2.30. The van der Waals surface area contributed by atoms with Crippen LogP contribution in [0.2, 0.25) is 0 Å². The van der Waals surface area contributed by atoms with Crippen molar-refractivity contribution in [2.24, 2.45) is 5.92 Å². The predicted octanol–water partition coefficient (Wildman–Crippen LogP) is 1.03. The van der Waals surface area contributed by atoms with Crippen molar-refractivity contribution < 1.29 is 4.79 Å². The van der Waals surface area contributed by atoms with Crippen LogP contribution >= 0.6 is 0 Å². The fraction of sp³-hybridized carbons (Fsp3) is 0.786. The van der Waals surface area contributed by atoms with Crippen molar-refractivity contribution in [3.8, 4) is 0 Å². The Labute approximate surface area is 120 Å². The molecule has 0 bridgehead atoms. The zero-order valence-electron chi connectivity index (χ0n) is 12.7. The van der Waals surface area contributed by atoms with E-state index in [2.05, 4.69) is 36.4 Å². The minimum absolute atomic E-state index is 0.143. The van der Waals surface area contributed by atoms with Gasteiger partial charge in [0.05, 0.1) is 11.9 Å². The summed E-state index contributed by atoms with van der Waals surface area (Å²) < 4.78 is 1.64. The molecule has 0 saturated carbocycles. The van der Waals surface area contributed by atoms with Gasteiger partial charge < -0.3 is 10.2 Å². The highest BCUT2D eigenvalue weighted by molar-refractivity contribution is 5.76. The molecule has 1 atom stereocenters. The molecule has 2 rings (SSSR count). The van der Waals surface area contributed by atoms with E-state index in [9.17, 15) is 4.79 Å². The van der Waals surface area contributed by atoms with Crippen LogP contribution in [0, 0.1) is 5.92 Å². The van der Waals surface area contributed by atoms with Crippen LogP contribution in [-0.2, 0) is 17.9 Å². The van der Waals surface area contributed by atoms with Gasteiger partial charge in [-0.05, 0) is 18.8 Å². The lowest BCUT2D eigenvalue weighted by atomic mass is 10.0. The number of nitrogens with zero attached hydrogens (tertiary/aromatic N) is 4. The van der Waals surface area contributed by atoms with E-state index in [1.807, 2.05) is 11.1 Å². The van der Waals surface area contributed by atoms with Crippen LogP contribution in [0.15, 0.2) is 6.20 Å². The van der Waals surface area contributed by atoms with Gasteiger partial charge in [-0.15, -0.1) is 5.10 Å². The van der Waals surface area contributed by atoms with Gasteiger partial charge in [0.2, 0.25) is 5.91 Å². The molecule has 20 heavy (non-hydrogen) atoms. The van der Waals surface area contributed by atoms with Gasteiger partial charge in [-0.2, -0.15) is 0 Å². The molecule has 1 aliphatic rings. The Hall–Kier alpha value is -1.43. The molecular formula is C14H25N5O. The molecule has 1 amide bonds. The molecule has 0 radical (unpaired) electrons. The zero-order valence-corrected chi connectivity index (χ0v) is 12.7. The summed E-state index contributed by atoms with van der Waals surface area (Å²) in [4.78, 5) is 14.2. The summed E-state index contributed by atoms with van der Waals surface area (Å²) in [5.74, 6) is 0.749. The molecule has 1 unspecified atom stereocenters. The maximum absolute atomic E-state index is 12.2. The number of amides is 1. The van der Waals surface area contributed by atoms with Gasteiger partial charge in [0.25, 0.3) is 0 Å². The van der Waals surface area contributed by atoms with Crippen molar-refractivity contribution in [2.45, 2.75) is 52.7 Å². The number of aromatic nitrogens is 3. The first-order chi connectivity index (χ1) is 9.54. The highest BCUT2D eigenvalue weighted by Crippen LogP contribution is 2.15. The summed E-state index contributed by atoms with van der Waals surface area (Å²) in [5.41, 5.74) is 0.874. The molecule has 6 heteroatoms. The first kappa shape index (κ1) is 15.0. The van der Waals surface area contributed by atoms with Gasteiger partial charge in [-0.25, -0.2) is 4.68 Å². The first-order valence-corrected chi connectivity index (χ1v) is 7.44. The van der Waals surface area contributed by atoms with Gasteiger partial charge in [0, 0.05) is 25.7 Å². The van der Waals surface area contributed by atoms with Crippen molar-refractivity contribution in [3.05, 3.63) is 11.9 Å². The average Bonchev–Trinajstić information content (AvgIpc) is 2.84. The number of rotatable bonds is 5. The van der Waals surface area contributed by atoms with E-state index in [0.717, 1.165) is 25.2 Å². The topological polar surface area (TPSA) is 63.1 Å². The number of carbonyl (C=O) groups excluding carboxylic acids is 1. The number of carbonyl (C=O) groups is 1. The Bertz CT molecular complexity index is 443.